The molecule has 18 heavy (non-hydrogen) atoms. The van der Waals surface area contributed by atoms with Crippen molar-refractivity contribution in [3.8, 4) is 0 Å². The van der Waals surface area contributed by atoms with Gasteiger partial charge < -0.3 is 5.11 Å². The van der Waals surface area contributed by atoms with E-state index >= 15 is 0 Å². The van der Waals surface area contributed by atoms with E-state index in [1.54, 1.807) is 0 Å². The molecule has 0 fully saturated rings. The standard InChI is InChI=1S/C12H20.C4H6O2/c1-2-4-6-8-10-12-11-9-7-5-3-1;1-3(2)4(5)6/h1-4H,5-12H2;1H2,2H3,(H,5,6). The molecule has 0 saturated heterocycles. The molecule has 2 heteroatoms. The fourth-order valence-corrected chi connectivity index (χ4v) is 1.58. The molecule has 0 saturated carbocycles. The molecule has 0 aromatic heterocycles. The summed E-state index contributed by atoms with van der Waals surface area (Å²) in [6, 6.07) is 0. The van der Waals surface area contributed by atoms with Crippen molar-refractivity contribution in [1.29, 1.82) is 0 Å². The Morgan fingerprint density at radius 2 is 1.28 bits per heavy atom. The predicted octanol–water partition coefficient (Wildman–Crippen LogP) is 4.88. The first kappa shape index (κ1) is 16.7. The fraction of sp³-hybridized carbons (Fsp3) is 0.562. The van der Waals surface area contributed by atoms with Gasteiger partial charge in [-0.15, -0.1) is 0 Å². The first-order valence-electron chi connectivity index (χ1n) is 6.85. The molecule has 102 valence electrons. The van der Waals surface area contributed by atoms with Gasteiger partial charge in [0, 0.05) is 5.57 Å². The van der Waals surface area contributed by atoms with Gasteiger partial charge in [-0.1, -0.05) is 56.6 Å². The maximum atomic E-state index is 9.60. The van der Waals surface area contributed by atoms with Gasteiger partial charge in [0.05, 0.1) is 0 Å². The molecule has 2 nitrogen and oxygen atoms in total. The van der Waals surface area contributed by atoms with Crippen molar-refractivity contribution in [2.75, 3.05) is 0 Å². The Balaban J connectivity index is 0.000000411. The third kappa shape index (κ3) is 12.8. The van der Waals surface area contributed by atoms with Crippen LogP contribution in [0.1, 0.15) is 58.3 Å². The third-order valence-corrected chi connectivity index (χ3v) is 2.74. The number of hydrogen-bond acceptors (Lipinski definition) is 1. The van der Waals surface area contributed by atoms with Gasteiger partial charge in [0.15, 0.2) is 0 Å². The van der Waals surface area contributed by atoms with Crippen LogP contribution in [0.4, 0.5) is 0 Å². The lowest BCUT2D eigenvalue weighted by molar-refractivity contribution is -0.132. The van der Waals surface area contributed by atoms with Crippen LogP contribution in [-0.2, 0) is 4.79 Å². The zero-order valence-electron chi connectivity index (χ0n) is 11.5. The van der Waals surface area contributed by atoms with Gasteiger partial charge in [0.1, 0.15) is 0 Å². The number of carbonyl (C=O) groups is 1. The van der Waals surface area contributed by atoms with Crippen molar-refractivity contribution in [1.82, 2.24) is 0 Å². The minimum Gasteiger partial charge on any atom is -0.478 e. The molecular weight excluding hydrogens is 224 g/mol. The second-order valence-electron chi connectivity index (χ2n) is 4.64. The summed E-state index contributed by atoms with van der Waals surface area (Å²) in [5.41, 5.74) is 0.176. The molecule has 0 atom stereocenters. The highest BCUT2D eigenvalue weighted by Gasteiger charge is 1.91. The molecule has 0 heterocycles. The molecule has 1 aliphatic carbocycles. The molecular formula is C16H26O2. The van der Waals surface area contributed by atoms with Gasteiger partial charge in [0.2, 0.25) is 0 Å². The quantitative estimate of drug-likeness (QED) is 0.673. The van der Waals surface area contributed by atoms with Gasteiger partial charge >= 0.3 is 5.97 Å². The van der Waals surface area contributed by atoms with Crippen molar-refractivity contribution in [2.45, 2.75) is 58.3 Å². The molecule has 1 N–H and O–H groups in total. The van der Waals surface area contributed by atoms with E-state index in [4.69, 9.17) is 5.11 Å². The Morgan fingerprint density at radius 3 is 1.61 bits per heavy atom. The van der Waals surface area contributed by atoms with Crippen LogP contribution in [0.2, 0.25) is 0 Å². The van der Waals surface area contributed by atoms with E-state index in [0.29, 0.717) is 0 Å². The van der Waals surface area contributed by atoms with Gasteiger partial charge in [-0.25, -0.2) is 4.79 Å². The van der Waals surface area contributed by atoms with E-state index in [2.05, 4.69) is 30.9 Å². The summed E-state index contributed by atoms with van der Waals surface area (Å²) in [5.74, 6) is -0.935. The first-order chi connectivity index (χ1) is 8.64. The maximum absolute atomic E-state index is 9.60. The summed E-state index contributed by atoms with van der Waals surface area (Å²) in [7, 11) is 0. The Bertz CT molecular complexity index is 257. The van der Waals surface area contributed by atoms with E-state index in [0.717, 1.165) is 0 Å². The Morgan fingerprint density at radius 1 is 0.944 bits per heavy atom. The van der Waals surface area contributed by atoms with Gasteiger partial charge in [-0.3, -0.25) is 0 Å². The highest BCUT2D eigenvalue weighted by Crippen LogP contribution is 2.10. The van der Waals surface area contributed by atoms with E-state index in [9.17, 15) is 4.79 Å². The largest absolute Gasteiger partial charge is 0.478 e. The smallest absolute Gasteiger partial charge is 0.330 e. The van der Waals surface area contributed by atoms with Crippen LogP contribution >= 0.6 is 0 Å². The fourth-order valence-electron chi connectivity index (χ4n) is 1.58. The molecule has 0 spiro atoms. The molecule has 0 aromatic carbocycles. The summed E-state index contributed by atoms with van der Waals surface area (Å²) in [4.78, 5) is 9.60. The second-order valence-corrected chi connectivity index (χ2v) is 4.64. The van der Waals surface area contributed by atoms with Crippen molar-refractivity contribution in [2.24, 2.45) is 0 Å². The number of hydrogen-bond donors (Lipinski definition) is 1. The van der Waals surface area contributed by atoms with E-state index in [1.165, 1.54) is 58.3 Å². The average molecular weight is 250 g/mol. The minimum atomic E-state index is -0.935. The number of carboxylic acids is 1. The first-order valence-corrected chi connectivity index (χ1v) is 6.85. The van der Waals surface area contributed by atoms with Crippen LogP contribution in [0.15, 0.2) is 36.5 Å². The molecule has 1 rings (SSSR count). The molecule has 0 radical (unpaired) electrons. The van der Waals surface area contributed by atoms with Gasteiger partial charge in [-0.2, -0.15) is 0 Å². The van der Waals surface area contributed by atoms with Crippen molar-refractivity contribution in [3.63, 3.8) is 0 Å². The number of aliphatic carboxylic acids is 1. The van der Waals surface area contributed by atoms with Gasteiger partial charge in [0.25, 0.3) is 0 Å². The predicted molar refractivity (Wildman–Crippen MR) is 77.7 cm³/mol. The lowest BCUT2D eigenvalue weighted by atomic mass is 10.1. The molecule has 0 unspecified atom stereocenters. The van der Waals surface area contributed by atoms with E-state index in [-0.39, 0.29) is 5.57 Å². The number of allylic oxidation sites excluding steroid dienone is 4. The third-order valence-electron chi connectivity index (χ3n) is 2.74. The monoisotopic (exact) mass is 250 g/mol. The normalized spacial score (nSPS) is 16.7. The summed E-state index contributed by atoms with van der Waals surface area (Å²) < 4.78 is 0. The van der Waals surface area contributed by atoms with Crippen molar-refractivity contribution in [3.05, 3.63) is 36.5 Å². The van der Waals surface area contributed by atoms with Gasteiger partial charge in [-0.05, 0) is 32.6 Å². The van der Waals surface area contributed by atoms with Crippen molar-refractivity contribution < 1.29 is 9.90 Å². The van der Waals surface area contributed by atoms with E-state index < -0.39 is 5.97 Å². The van der Waals surface area contributed by atoms with Crippen LogP contribution in [0.3, 0.4) is 0 Å². The maximum Gasteiger partial charge on any atom is 0.330 e. The average Bonchev–Trinajstić information content (AvgIpc) is 2.30. The SMILES string of the molecule is C1=CCCCCCCCCC=C1.C=C(C)C(=O)O. The summed E-state index contributed by atoms with van der Waals surface area (Å²) >= 11 is 0. The highest BCUT2D eigenvalue weighted by atomic mass is 16.4. The van der Waals surface area contributed by atoms with Crippen LogP contribution < -0.4 is 0 Å². The van der Waals surface area contributed by atoms with E-state index in [1.807, 2.05) is 0 Å². The van der Waals surface area contributed by atoms with Crippen molar-refractivity contribution >= 4 is 5.97 Å². The Hall–Kier alpha value is -1.31. The molecule has 0 amide bonds. The van der Waals surface area contributed by atoms with Crippen LogP contribution in [0.25, 0.3) is 0 Å². The summed E-state index contributed by atoms with van der Waals surface area (Å²) in [6.07, 6.45) is 20.0. The molecule has 1 aliphatic rings. The number of carboxylic acid groups (broad SMARTS) is 1. The van der Waals surface area contributed by atoms with Crippen LogP contribution in [0.5, 0.6) is 0 Å². The summed E-state index contributed by atoms with van der Waals surface area (Å²) in [6.45, 7) is 4.60. The zero-order valence-corrected chi connectivity index (χ0v) is 11.5. The highest BCUT2D eigenvalue weighted by molar-refractivity contribution is 5.84. The zero-order chi connectivity index (χ0) is 13.6. The summed E-state index contributed by atoms with van der Waals surface area (Å²) in [5, 5.41) is 7.89. The van der Waals surface area contributed by atoms with Crippen LogP contribution in [0, 0.1) is 0 Å². The van der Waals surface area contributed by atoms with Crippen LogP contribution in [-0.4, -0.2) is 11.1 Å². The lowest BCUT2D eigenvalue weighted by Crippen LogP contribution is -1.92. The Kier molecular flexibility index (Phi) is 11.3. The minimum absolute atomic E-state index is 0.176. The molecule has 0 bridgehead atoms. The topological polar surface area (TPSA) is 37.3 Å². The molecule has 0 aliphatic heterocycles. The number of rotatable bonds is 1. The second kappa shape index (κ2) is 12.2. The molecule has 0 aromatic rings. The lowest BCUT2D eigenvalue weighted by Gasteiger charge is -1.99. The Labute approximate surface area is 111 Å².